The van der Waals surface area contributed by atoms with Crippen LogP contribution in [0.5, 0.6) is 0 Å². The average molecular weight is 351 g/mol. The van der Waals surface area contributed by atoms with Gasteiger partial charge in [0.2, 0.25) is 0 Å². The number of ether oxygens (including phenoxy) is 1. The lowest BCUT2D eigenvalue weighted by Gasteiger charge is -2.57. The number of carbonyl (C=O) groups excluding carboxylic acids is 1. The van der Waals surface area contributed by atoms with Gasteiger partial charge in [-0.15, -0.1) is 0 Å². The Morgan fingerprint density at radius 1 is 1.15 bits per heavy atom. The number of carbonyl (C=O) groups is 1. The summed E-state index contributed by atoms with van der Waals surface area (Å²) in [6, 6.07) is 0. The Bertz CT molecular complexity index is 777. The normalized spacial score (nSPS) is 58.2. The highest BCUT2D eigenvalue weighted by molar-refractivity contribution is 5.83. The van der Waals surface area contributed by atoms with Gasteiger partial charge in [0.25, 0.3) is 0 Å². The standard InChI is InChI=1S/C24H30O2/c1-2-23-8-6-15-14-5-4-13(25)10-16(14)17-11-18(17)21(15)22(23)19-12-20(19)24(23)7-3-9-26-24/h3,7,15,17-22H,2,4-6,8-12H2,1H3/t15?,17?,18?,19?,20?,21?,22?,23-,24-/m0/s1. The number of fused-ring (bicyclic) bond motifs is 11. The third-order valence-corrected chi connectivity index (χ3v) is 10.2. The van der Waals surface area contributed by atoms with Gasteiger partial charge < -0.3 is 4.74 Å². The van der Waals surface area contributed by atoms with E-state index in [1.54, 1.807) is 11.1 Å². The minimum atomic E-state index is 0.0869. The van der Waals surface area contributed by atoms with Gasteiger partial charge in [0.1, 0.15) is 5.78 Å². The largest absolute Gasteiger partial charge is 0.366 e. The van der Waals surface area contributed by atoms with Crippen LogP contribution in [0.4, 0.5) is 0 Å². The molecule has 0 radical (unpaired) electrons. The molecule has 4 saturated carbocycles. The van der Waals surface area contributed by atoms with Gasteiger partial charge in [-0.1, -0.05) is 30.2 Å². The zero-order chi connectivity index (χ0) is 17.3. The number of rotatable bonds is 1. The van der Waals surface area contributed by atoms with Gasteiger partial charge in [0.05, 0.1) is 12.2 Å². The molecule has 7 aliphatic rings. The van der Waals surface area contributed by atoms with Crippen LogP contribution in [0.1, 0.15) is 58.3 Å². The zero-order valence-electron chi connectivity index (χ0n) is 15.9. The lowest BCUT2D eigenvalue weighted by molar-refractivity contribution is -0.136. The SMILES string of the molecule is CC[C@]12CCC3C4=C(CC(=O)CC4)C4CC4C3C1C1CC1[C@@]21C=CCO1. The van der Waals surface area contributed by atoms with Crippen molar-refractivity contribution in [1.82, 2.24) is 0 Å². The van der Waals surface area contributed by atoms with Gasteiger partial charge in [0.15, 0.2) is 0 Å². The lowest BCUT2D eigenvalue weighted by Crippen LogP contribution is -2.55. The molecule has 0 aromatic rings. The minimum absolute atomic E-state index is 0.0869. The monoisotopic (exact) mass is 350 g/mol. The molecule has 7 unspecified atom stereocenters. The van der Waals surface area contributed by atoms with Crippen molar-refractivity contribution in [3.8, 4) is 0 Å². The Hall–Kier alpha value is -0.890. The highest BCUT2D eigenvalue weighted by atomic mass is 16.5. The van der Waals surface area contributed by atoms with Crippen molar-refractivity contribution in [2.45, 2.75) is 63.9 Å². The molecule has 2 heteroatoms. The van der Waals surface area contributed by atoms with Crippen LogP contribution >= 0.6 is 0 Å². The molecule has 26 heavy (non-hydrogen) atoms. The summed E-state index contributed by atoms with van der Waals surface area (Å²) in [6.45, 7) is 3.29. The highest BCUT2D eigenvalue weighted by Gasteiger charge is 2.78. The summed E-state index contributed by atoms with van der Waals surface area (Å²) in [6.07, 6.45) is 14.4. The van der Waals surface area contributed by atoms with Crippen LogP contribution in [0.2, 0.25) is 0 Å². The zero-order valence-corrected chi connectivity index (χ0v) is 15.9. The van der Waals surface area contributed by atoms with Gasteiger partial charge in [0, 0.05) is 18.3 Å². The van der Waals surface area contributed by atoms with Gasteiger partial charge in [-0.2, -0.15) is 0 Å². The van der Waals surface area contributed by atoms with E-state index in [1.807, 2.05) is 0 Å². The highest BCUT2D eigenvalue weighted by Crippen LogP contribution is 2.80. The molecule has 4 fully saturated rings. The molecule has 0 amide bonds. The molecule has 9 atom stereocenters. The van der Waals surface area contributed by atoms with Crippen LogP contribution in [-0.4, -0.2) is 18.0 Å². The van der Waals surface area contributed by atoms with Gasteiger partial charge in [-0.05, 0) is 80.0 Å². The van der Waals surface area contributed by atoms with E-state index in [-0.39, 0.29) is 5.60 Å². The van der Waals surface area contributed by atoms with E-state index in [9.17, 15) is 4.79 Å². The molecule has 7 rings (SSSR count). The molecule has 6 aliphatic carbocycles. The second-order valence-corrected chi connectivity index (χ2v) is 10.5. The predicted molar refractivity (Wildman–Crippen MR) is 99.3 cm³/mol. The fraction of sp³-hybridized carbons (Fsp3) is 0.792. The molecule has 1 heterocycles. The van der Waals surface area contributed by atoms with Gasteiger partial charge >= 0.3 is 0 Å². The second kappa shape index (κ2) is 4.57. The van der Waals surface area contributed by atoms with Gasteiger partial charge in [-0.25, -0.2) is 0 Å². The first-order valence-corrected chi connectivity index (χ1v) is 11.3. The summed E-state index contributed by atoms with van der Waals surface area (Å²) in [4.78, 5) is 12.1. The summed E-state index contributed by atoms with van der Waals surface area (Å²) >= 11 is 0. The first-order valence-electron chi connectivity index (χ1n) is 11.3. The third-order valence-electron chi connectivity index (χ3n) is 10.2. The van der Waals surface area contributed by atoms with E-state index in [4.69, 9.17) is 4.74 Å². The van der Waals surface area contributed by atoms with Crippen LogP contribution in [0.3, 0.4) is 0 Å². The maximum absolute atomic E-state index is 12.1. The van der Waals surface area contributed by atoms with Crippen LogP contribution in [0.15, 0.2) is 23.3 Å². The smallest absolute Gasteiger partial charge is 0.137 e. The summed E-state index contributed by atoms with van der Waals surface area (Å²) < 4.78 is 6.60. The summed E-state index contributed by atoms with van der Waals surface area (Å²) in [5, 5.41) is 0. The first kappa shape index (κ1) is 15.1. The quantitative estimate of drug-likeness (QED) is 0.641. The number of Topliss-reactive ketones (excluding diaryl/α,β-unsaturated/α-hetero) is 1. The number of hydrogen-bond donors (Lipinski definition) is 0. The Morgan fingerprint density at radius 2 is 2.08 bits per heavy atom. The maximum atomic E-state index is 12.1. The molecule has 0 aromatic heterocycles. The van der Waals surface area contributed by atoms with E-state index < -0.39 is 0 Å². The number of hydrogen-bond acceptors (Lipinski definition) is 2. The topological polar surface area (TPSA) is 26.3 Å². The van der Waals surface area contributed by atoms with E-state index in [0.717, 1.165) is 67.3 Å². The van der Waals surface area contributed by atoms with Crippen LogP contribution in [-0.2, 0) is 9.53 Å². The van der Waals surface area contributed by atoms with Crippen molar-refractivity contribution in [2.24, 2.45) is 46.8 Å². The Labute approximate surface area is 156 Å². The molecule has 138 valence electrons. The van der Waals surface area contributed by atoms with Crippen LogP contribution in [0, 0.1) is 46.8 Å². The summed E-state index contributed by atoms with van der Waals surface area (Å²) in [7, 11) is 0. The van der Waals surface area contributed by atoms with Crippen molar-refractivity contribution in [2.75, 3.05) is 6.61 Å². The van der Waals surface area contributed by atoms with Crippen molar-refractivity contribution in [3.63, 3.8) is 0 Å². The van der Waals surface area contributed by atoms with Crippen molar-refractivity contribution < 1.29 is 9.53 Å². The second-order valence-electron chi connectivity index (χ2n) is 10.5. The van der Waals surface area contributed by atoms with Crippen LogP contribution in [0.25, 0.3) is 0 Å². The Morgan fingerprint density at radius 3 is 2.88 bits per heavy atom. The molecular weight excluding hydrogens is 320 g/mol. The van der Waals surface area contributed by atoms with E-state index in [0.29, 0.717) is 11.2 Å². The number of ketones is 1. The maximum Gasteiger partial charge on any atom is 0.137 e. The molecular formula is C24H30O2. The average Bonchev–Trinajstić information content (AvgIpc) is 3.56. The Kier molecular flexibility index (Phi) is 2.65. The van der Waals surface area contributed by atoms with Crippen molar-refractivity contribution >= 4 is 5.78 Å². The lowest BCUT2D eigenvalue weighted by atomic mass is 9.49. The van der Waals surface area contributed by atoms with E-state index in [2.05, 4.69) is 19.1 Å². The molecule has 0 bridgehead atoms. The minimum Gasteiger partial charge on any atom is -0.366 e. The summed E-state index contributed by atoms with van der Waals surface area (Å²) in [5.41, 5.74) is 3.90. The van der Waals surface area contributed by atoms with Crippen LogP contribution < -0.4 is 0 Å². The molecule has 0 N–H and O–H groups in total. The third kappa shape index (κ3) is 1.49. The molecule has 0 aromatic carbocycles. The molecule has 2 nitrogen and oxygen atoms in total. The fourth-order valence-electron chi connectivity index (χ4n) is 9.36. The van der Waals surface area contributed by atoms with E-state index >= 15 is 0 Å². The van der Waals surface area contributed by atoms with E-state index in [1.165, 1.54) is 32.1 Å². The number of allylic oxidation sites excluding steroid dienone is 2. The molecule has 1 aliphatic heterocycles. The predicted octanol–water partition coefficient (Wildman–Crippen LogP) is 4.70. The fourth-order valence-corrected chi connectivity index (χ4v) is 9.36. The Balaban J connectivity index is 1.35. The first-order chi connectivity index (χ1) is 12.7. The summed E-state index contributed by atoms with van der Waals surface area (Å²) in [5.74, 6) is 6.56. The molecule has 0 saturated heterocycles. The van der Waals surface area contributed by atoms with Crippen molar-refractivity contribution in [3.05, 3.63) is 23.3 Å². The molecule has 1 spiro atoms. The van der Waals surface area contributed by atoms with Gasteiger partial charge in [-0.3, -0.25) is 4.79 Å². The van der Waals surface area contributed by atoms with Crippen molar-refractivity contribution in [1.29, 1.82) is 0 Å².